The summed E-state index contributed by atoms with van der Waals surface area (Å²) in [4.78, 5) is 23.3. The van der Waals surface area contributed by atoms with Crippen LogP contribution in [0.5, 0.6) is 0 Å². The summed E-state index contributed by atoms with van der Waals surface area (Å²) >= 11 is 0. The molecule has 0 aliphatic heterocycles. The molecule has 0 fully saturated rings. The first-order valence-electron chi connectivity index (χ1n) is 6.81. The zero-order valence-corrected chi connectivity index (χ0v) is 13.4. The molecule has 0 aliphatic carbocycles. The second-order valence-corrected chi connectivity index (χ2v) is 4.44. The highest BCUT2D eigenvalue weighted by molar-refractivity contribution is 5.85. The predicted octanol–water partition coefficient (Wildman–Crippen LogP) is 2.25. The standard InChI is InChI=1S/C16H21NO4.ClH/c1-3-11-20-15(18)10-9-14(17-2)16(19)21-12-13-7-5-4-6-8-13;/h3-8,14,17H,1,9-12H2,2H3;1H/t14-;/m1./s1. The molecule has 0 saturated heterocycles. The van der Waals surface area contributed by atoms with E-state index in [1.165, 1.54) is 6.08 Å². The molecule has 0 aromatic heterocycles. The van der Waals surface area contributed by atoms with Gasteiger partial charge in [-0.05, 0) is 19.0 Å². The van der Waals surface area contributed by atoms with E-state index in [0.717, 1.165) is 5.56 Å². The molecule has 0 aliphatic rings. The Labute approximate surface area is 137 Å². The van der Waals surface area contributed by atoms with Crippen molar-refractivity contribution in [1.29, 1.82) is 0 Å². The Bertz CT molecular complexity index is 464. The quantitative estimate of drug-likeness (QED) is 0.556. The minimum Gasteiger partial charge on any atom is -0.461 e. The van der Waals surface area contributed by atoms with E-state index in [9.17, 15) is 9.59 Å². The lowest BCUT2D eigenvalue weighted by atomic mass is 10.1. The molecule has 0 saturated carbocycles. The zero-order chi connectivity index (χ0) is 15.5. The summed E-state index contributed by atoms with van der Waals surface area (Å²) in [5, 5.41) is 2.85. The molecule has 1 atom stereocenters. The van der Waals surface area contributed by atoms with E-state index in [1.807, 2.05) is 30.3 Å². The lowest BCUT2D eigenvalue weighted by molar-refractivity contribution is -0.148. The van der Waals surface area contributed by atoms with Crippen molar-refractivity contribution in [3.05, 3.63) is 48.6 Å². The van der Waals surface area contributed by atoms with Gasteiger partial charge in [-0.15, -0.1) is 12.4 Å². The van der Waals surface area contributed by atoms with Crippen LogP contribution in [0.4, 0.5) is 0 Å². The predicted molar refractivity (Wildman–Crippen MR) is 86.7 cm³/mol. The average molecular weight is 328 g/mol. The van der Waals surface area contributed by atoms with Gasteiger partial charge in [0.05, 0.1) is 0 Å². The number of likely N-dealkylation sites (N-methyl/N-ethyl adjacent to an activating group) is 1. The van der Waals surface area contributed by atoms with Crippen LogP contribution in [0.15, 0.2) is 43.0 Å². The monoisotopic (exact) mass is 327 g/mol. The van der Waals surface area contributed by atoms with Gasteiger partial charge in [0.25, 0.3) is 0 Å². The minimum absolute atomic E-state index is 0. The minimum atomic E-state index is -0.523. The lowest BCUT2D eigenvalue weighted by Crippen LogP contribution is -2.36. The highest BCUT2D eigenvalue weighted by atomic mass is 35.5. The first-order valence-corrected chi connectivity index (χ1v) is 6.81. The fourth-order valence-corrected chi connectivity index (χ4v) is 1.70. The fraction of sp³-hybridized carbons (Fsp3) is 0.375. The molecule has 1 aromatic rings. The van der Waals surface area contributed by atoms with Gasteiger partial charge in [0.1, 0.15) is 19.3 Å². The number of esters is 2. The van der Waals surface area contributed by atoms with E-state index >= 15 is 0 Å². The van der Waals surface area contributed by atoms with Crippen molar-refractivity contribution >= 4 is 24.3 Å². The van der Waals surface area contributed by atoms with Crippen molar-refractivity contribution in [1.82, 2.24) is 5.32 Å². The molecule has 1 N–H and O–H groups in total. The van der Waals surface area contributed by atoms with Gasteiger partial charge in [-0.3, -0.25) is 9.59 Å². The van der Waals surface area contributed by atoms with Gasteiger partial charge in [0, 0.05) is 6.42 Å². The Morgan fingerprint density at radius 2 is 1.95 bits per heavy atom. The summed E-state index contributed by atoms with van der Waals surface area (Å²) in [6.07, 6.45) is 1.99. The second-order valence-electron chi connectivity index (χ2n) is 4.44. The number of carbonyl (C=O) groups excluding carboxylic acids is 2. The van der Waals surface area contributed by atoms with Crippen molar-refractivity contribution in [2.24, 2.45) is 0 Å². The van der Waals surface area contributed by atoms with Gasteiger partial charge >= 0.3 is 11.9 Å². The smallest absolute Gasteiger partial charge is 0.323 e. The Morgan fingerprint density at radius 3 is 2.55 bits per heavy atom. The van der Waals surface area contributed by atoms with Crippen molar-refractivity contribution in [2.45, 2.75) is 25.5 Å². The van der Waals surface area contributed by atoms with Gasteiger partial charge in [0.15, 0.2) is 0 Å². The topological polar surface area (TPSA) is 64.6 Å². The lowest BCUT2D eigenvalue weighted by Gasteiger charge is -2.14. The van der Waals surface area contributed by atoms with Crippen LogP contribution in [0, 0.1) is 0 Å². The van der Waals surface area contributed by atoms with Crippen molar-refractivity contribution in [3.8, 4) is 0 Å². The van der Waals surface area contributed by atoms with Gasteiger partial charge < -0.3 is 14.8 Å². The average Bonchev–Trinajstić information content (AvgIpc) is 2.52. The SMILES string of the molecule is C=CCOC(=O)CC[C@@H](NC)C(=O)OCc1ccccc1.Cl. The maximum Gasteiger partial charge on any atom is 0.323 e. The van der Waals surface area contributed by atoms with E-state index in [1.54, 1.807) is 7.05 Å². The summed E-state index contributed by atoms with van der Waals surface area (Å²) in [5.74, 6) is -0.733. The van der Waals surface area contributed by atoms with Crippen LogP contribution >= 0.6 is 12.4 Å². The molecule has 0 spiro atoms. The maximum absolute atomic E-state index is 11.9. The molecular weight excluding hydrogens is 306 g/mol. The number of carbonyl (C=O) groups is 2. The van der Waals surface area contributed by atoms with E-state index in [0.29, 0.717) is 6.42 Å². The van der Waals surface area contributed by atoms with Gasteiger partial charge in [-0.25, -0.2) is 0 Å². The second kappa shape index (κ2) is 11.8. The maximum atomic E-state index is 11.9. The number of hydrogen-bond donors (Lipinski definition) is 1. The Kier molecular flexibility index (Phi) is 10.8. The van der Waals surface area contributed by atoms with Crippen LogP contribution in [0.2, 0.25) is 0 Å². The van der Waals surface area contributed by atoms with Crippen LogP contribution < -0.4 is 5.32 Å². The normalized spacial score (nSPS) is 11.0. The summed E-state index contributed by atoms with van der Waals surface area (Å²) in [6, 6.07) is 8.91. The van der Waals surface area contributed by atoms with Gasteiger partial charge in [-0.2, -0.15) is 0 Å². The van der Waals surface area contributed by atoms with E-state index < -0.39 is 6.04 Å². The molecule has 0 amide bonds. The van der Waals surface area contributed by atoms with Crippen LogP contribution in [0.25, 0.3) is 0 Å². The Balaban J connectivity index is 0.00000441. The fourth-order valence-electron chi connectivity index (χ4n) is 1.70. The number of ether oxygens (including phenoxy) is 2. The third-order valence-electron chi connectivity index (χ3n) is 2.86. The molecule has 5 nitrogen and oxygen atoms in total. The zero-order valence-electron chi connectivity index (χ0n) is 12.6. The molecule has 22 heavy (non-hydrogen) atoms. The molecule has 1 aromatic carbocycles. The molecule has 0 heterocycles. The molecular formula is C16H22ClNO4. The number of nitrogens with one attached hydrogen (secondary N) is 1. The molecule has 0 radical (unpaired) electrons. The van der Waals surface area contributed by atoms with Crippen LogP contribution in [-0.2, 0) is 25.7 Å². The highest BCUT2D eigenvalue weighted by Crippen LogP contribution is 2.05. The largest absolute Gasteiger partial charge is 0.461 e. The third kappa shape index (κ3) is 7.81. The van der Waals surface area contributed by atoms with E-state index in [-0.39, 0.29) is 44.0 Å². The van der Waals surface area contributed by atoms with Crippen molar-refractivity contribution in [3.63, 3.8) is 0 Å². The Morgan fingerprint density at radius 1 is 1.27 bits per heavy atom. The van der Waals surface area contributed by atoms with Crippen molar-refractivity contribution < 1.29 is 19.1 Å². The van der Waals surface area contributed by atoms with E-state index in [2.05, 4.69) is 11.9 Å². The van der Waals surface area contributed by atoms with Crippen LogP contribution in [-0.4, -0.2) is 31.6 Å². The molecule has 0 bridgehead atoms. The van der Waals surface area contributed by atoms with Crippen molar-refractivity contribution in [2.75, 3.05) is 13.7 Å². The molecule has 1 rings (SSSR count). The van der Waals surface area contributed by atoms with Crippen LogP contribution in [0.1, 0.15) is 18.4 Å². The first-order chi connectivity index (χ1) is 10.2. The summed E-state index contributed by atoms with van der Waals surface area (Å²) < 4.78 is 10.1. The number of hydrogen-bond acceptors (Lipinski definition) is 5. The number of halogens is 1. The summed E-state index contributed by atoms with van der Waals surface area (Å²) in [6.45, 7) is 3.86. The third-order valence-corrected chi connectivity index (χ3v) is 2.86. The summed E-state index contributed by atoms with van der Waals surface area (Å²) in [5.41, 5.74) is 0.922. The highest BCUT2D eigenvalue weighted by Gasteiger charge is 2.19. The molecule has 6 heteroatoms. The van der Waals surface area contributed by atoms with E-state index in [4.69, 9.17) is 9.47 Å². The Hall–Kier alpha value is -1.85. The van der Waals surface area contributed by atoms with Crippen LogP contribution in [0.3, 0.4) is 0 Å². The first kappa shape index (κ1) is 20.1. The molecule has 122 valence electrons. The number of rotatable bonds is 9. The van der Waals surface area contributed by atoms with Gasteiger partial charge in [0.2, 0.25) is 0 Å². The van der Waals surface area contributed by atoms with Gasteiger partial charge in [-0.1, -0.05) is 43.0 Å². The summed E-state index contributed by atoms with van der Waals surface area (Å²) in [7, 11) is 1.66. The number of benzene rings is 1. The molecule has 0 unspecified atom stereocenters.